The number of amides is 1. The zero-order valence-corrected chi connectivity index (χ0v) is 18.2. The first-order chi connectivity index (χ1) is 12.7. The minimum atomic E-state index is -3.41. The summed E-state index contributed by atoms with van der Waals surface area (Å²) in [5.74, 6) is -0.213. The molecule has 0 saturated carbocycles. The van der Waals surface area contributed by atoms with Gasteiger partial charge >= 0.3 is 0 Å². The number of nitrogens with zero attached hydrogens (tertiary/aromatic N) is 1. The summed E-state index contributed by atoms with van der Waals surface area (Å²) in [6.45, 7) is 6.49. The summed E-state index contributed by atoms with van der Waals surface area (Å²) in [5.41, 5.74) is 7.82. The monoisotopic (exact) mass is 458 g/mol. The number of piperidine rings is 1. The van der Waals surface area contributed by atoms with Crippen LogP contribution in [0.4, 0.5) is 5.69 Å². The van der Waals surface area contributed by atoms with Gasteiger partial charge in [0.1, 0.15) is 5.25 Å². The topological polar surface area (TPSA) is 90.5 Å². The molecule has 0 spiro atoms. The van der Waals surface area contributed by atoms with Gasteiger partial charge in [-0.15, -0.1) is 0 Å². The third-order valence-corrected chi connectivity index (χ3v) is 8.96. The van der Waals surface area contributed by atoms with Crippen LogP contribution in [0.15, 0.2) is 22.7 Å². The molecule has 3 rings (SSSR count). The van der Waals surface area contributed by atoms with Gasteiger partial charge in [0, 0.05) is 41.3 Å². The van der Waals surface area contributed by atoms with E-state index in [1.54, 1.807) is 4.31 Å². The molecule has 150 valence electrons. The van der Waals surface area contributed by atoms with Crippen molar-refractivity contribution in [3.63, 3.8) is 0 Å². The minimum Gasteiger partial charge on any atom is -0.326 e. The van der Waals surface area contributed by atoms with Crippen LogP contribution in [0, 0.1) is 12.8 Å². The molecule has 9 heteroatoms. The maximum atomic E-state index is 13.0. The second-order valence-corrected chi connectivity index (χ2v) is 10.4. The fraction of sp³-hybridized carbons (Fsp3) is 0.611. The Balaban J connectivity index is 1.59. The lowest BCUT2D eigenvalue weighted by Crippen LogP contribution is -2.50. The first-order valence-corrected chi connectivity index (χ1v) is 11.6. The molecule has 27 heavy (non-hydrogen) atoms. The van der Waals surface area contributed by atoms with Gasteiger partial charge in [0.2, 0.25) is 15.9 Å². The summed E-state index contributed by atoms with van der Waals surface area (Å²) >= 11 is 3.45. The Bertz CT molecular complexity index is 799. The second kappa shape index (κ2) is 8.16. The third kappa shape index (κ3) is 4.37. The van der Waals surface area contributed by atoms with Crippen LogP contribution in [0.1, 0.15) is 32.3 Å². The van der Waals surface area contributed by atoms with E-state index in [9.17, 15) is 13.2 Å². The highest BCUT2D eigenvalue weighted by atomic mass is 79.9. The van der Waals surface area contributed by atoms with E-state index in [0.717, 1.165) is 15.7 Å². The van der Waals surface area contributed by atoms with Gasteiger partial charge in [0.15, 0.2) is 0 Å². The first kappa shape index (κ1) is 20.7. The first-order valence-electron chi connectivity index (χ1n) is 9.27. The summed E-state index contributed by atoms with van der Waals surface area (Å²) in [6, 6.07) is 5.40. The normalized spacial score (nSPS) is 27.6. The van der Waals surface area contributed by atoms with E-state index in [2.05, 4.69) is 32.1 Å². The number of sulfonamides is 1. The Morgan fingerprint density at radius 1 is 1.19 bits per heavy atom. The Morgan fingerprint density at radius 3 is 2.33 bits per heavy atom. The van der Waals surface area contributed by atoms with E-state index >= 15 is 0 Å². The molecule has 2 unspecified atom stereocenters. The van der Waals surface area contributed by atoms with Crippen molar-refractivity contribution in [2.24, 2.45) is 5.92 Å². The van der Waals surface area contributed by atoms with Gasteiger partial charge in [-0.05, 0) is 57.4 Å². The number of benzene rings is 1. The van der Waals surface area contributed by atoms with Crippen LogP contribution < -0.4 is 16.2 Å². The van der Waals surface area contributed by atoms with Crippen molar-refractivity contribution < 1.29 is 13.2 Å². The summed E-state index contributed by atoms with van der Waals surface area (Å²) in [5, 5.41) is 2.46. The van der Waals surface area contributed by atoms with Crippen LogP contribution in [0.5, 0.6) is 0 Å². The van der Waals surface area contributed by atoms with Crippen LogP contribution in [-0.4, -0.2) is 49.1 Å². The number of anilines is 1. The second-order valence-electron chi connectivity index (χ2n) is 7.50. The van der Waals surface area contributed by atoms with Crippen molar-refractivity contribution in [3.8, 4) is 0 Å². The lowest BCUT2D eigenvalue weighted by atomic mass is 9.97. The molecule has 1 aromatic carbocycles. The van der Waals surface area contributed by atoms with Crippen molar-refractivity contribution >= 4 is 37.5 Å². The van der Waals surface area contributed by atoms with Crippen LogP contribution in [-0.2, 0) is 14.8 Å². The predicted molar refractivity (Wildman–Crippen MR) is 110 cm³/mol. The molecule has 1 aromatic rings. The molecular formula is C18H27BrN4O3S. The Hall–Kier alpha value is -1.00. The van der Waals surface area contributed by atoms with Gasteiger partial charge in [0.05, 0.1) is 0 Å². The predicted octanol–water partition coefficient (Wildman–Crippen LogP) is 1.99. The Morgan fingerprint density at radius 2 is 1.78 bits per heavy atom. The molecule has 2 aliphatic rings. The summed E-state index contributed by atoms with van der Waals surface area (Å²) < 4.78 is 28.5. The van der Waals surface area contributed by atoms with Crippen molar-refractivity contribution in [1.29, 1.82) is 0 Å². The molecule has 2 aliphatic heterocycles. The lowest BCUT2D eigenvalue weighted by molar-refractivity contribution is -0.120. The largest absolute Gasteiger partial charge is 0.326 e. The maximum absolute atomic E-state index is 13.0. The molecule has 2 saturated heterocycles. The number of hydrazine groups is 1. The Kier molecular flexibility index (Phi) is 6.27. The highest BCUT2D eigenvalue weighted by molar-refractivity contribution is 9.10. The molecule has 2 atom stereocenters. The number of aryl methyl sites for hydroxylation is 1. The van der Waals surface area contributed by atoms with Crippen molar-refractivity contribution in [2.45, 2.75) is 50.9 Å². The summed E-state index contributed by atoms with van der Waals surface area (Å²) in [4.78, 5) is 12.6. The van der Waals surface area contributed by atoms with Crippen LogP contribution in [0.25, 0.3) is 0 Å². The highest BCUT2D eigenvalue weighted by Gasteiger charge is 2.44. The molecule has 0 aliphatic carbocycles. The lowest BCUT2D eigenvalue weighted by Gasteiger charge is -2.33. The number of halogens is 1. The van der Waals surface area contributed by atoms with E-state index in [-0.39, 0.29) is 23.9 Å². The van der Waals surface area contributed by atoms with Gasteiger partial charge in [-0.1, -0.05) is 15.9 Å². The van der Waals surface area contributed by atoms with Gasteiger partial charge in [-0.2, -0.15) is 0 Å². The van der Waals surface area contributed by atoms with Crippen molar-refractivity contribution in [2.75, 3.05) is 18.4 Å². The molecule has 2 heterocycles. The molecule has 3 N–H and O–H groups in total. The maximum Gasteiger partial charge on any atom is 0.227 e. The summed E-state index contributed by atoms with van der Waals surface area (Å²) in [6.07, 6.45) is 1.08. The van der Waals surface area contributed by atoms with Gasteiger partial charge in [-0.3, -0.25) is 15.6 Å². The van der Waals surface area contributed by atoms with Crippen molar-refractivity contribution in [1.82, 2.24) is 15.2 Å². The van der Waals surface area contributed by atoms with E-state index < -0.39 is 15.3 Å². The zero-order valence-electron chi connectivity index (χ0n) is 15.8. The van der Waals surface area contributed by atoms with Crippen LogP contribution >= 0.6 is 15.9 Å². The molecule has 0 aromatic heterocycles. The van der Waals surface area contributed by atoms with Crippen LogP contribution in [0.3, 0.4) is 0 Å². The highest BCUT2D eigenvalue weighted by Crippen LogP contribution is 2.27. The minimum absolute atomic E-state index is 0.0419. The van der Waals surface area contributed by atoms with Gasteiger partial charge < -0.3 is 5.32 Å². The molecule has 0 bridgehead atoms. The average Bonchev–Trinajstić information content (AvgIpc) is 2.97. The van der Waals surface area contributed by atoms with Crippen molar-refractivity contribution in [3.05, 3.63) is 28.2 Å². The quantitative estimate of drug-likeness (QED) is 0.641. The number of carbonyl (C=O) groups excluding carboxylic acids is 1. The van der Waals surface area contributed by atoms with E-state index in [0.29, 0.717) is 25.9 Å². The average molecular weight is 459 g/mol. The fourth-order valence-corrected chi connectivity index (χ4v) is 6.37. The number of hydrogen-bond donors (Lipinski definition) is 3. The van der Waals surface area contributed by atoms with E-state index in [1.807, 2.05) is 39.0 Å². The number of nitrogens with one attached hydrogen (secondary N) is 3. The van der Waals surface area contributed by atoms with Gasteiger partial charge in [-0.25, -0.2) is 12.7 Å². The van der Waals surface area contributed by atoms with E-state index in [4.69, 9.17) is 0 Å². The number of rotatable bonds is 4. The molecule has 7 nitrogen and oxygen atoms in total. The number of hydrogen-bond acceptors (Lipinski definition) is 5. The Labute approximate surface area is 169 Å². The smallest absolute Gasteiger partial charge is 0.227 e. The molecule has 1 amide bonds. The fourth-order valence-electron chi connectivity index (χ4n) is 3.89. The summed E-state index contributed by atoms with van der Waals surface area (Å²) in [7, 11) is -3.41. The van der Waals surface area contributed by atoms with E-state index in [1.165, 1.54) is 0 Å². The molecular weight excluding hydrogens is 432 g/mol. The van der Waals surface area contributed by atoms with Gasteiger partial charge in [0.25, 0.3) is 0 Å². The SMILES string of the molecule is Cc1cc(NC(=O)C2CCN(S(=O)(=O)C3C(C)NNC3C)CC2)ccc1Br. The molecule has 0 radical (unpaired) electrons. The standard InChI is InChI=1S/C18H27BrN4O3S/c1-11-10-15(4-5-16(11)19)20-18(24)14-6-8-23(9-7-14)27(25,26)17-12(2)21-22-13(17)3/h4-5,10,12-14,17,21-22H,6-9H2,1-3H3,(H,20,24). The zero-order chi connectivity index (χ0) is 19.8. The third-order valence-electron chi connectivity index (χ3n) is 5.48. The number of carbonyl (C=O) groups is 1. The van der Waals surface area contributed by atoms with Crippen LogP contribution in [0.2, 0.25) is 0 Å². The molecule has 2 fully saturated rings.